The second-order valence-corrected chi connectivity index (χ2v) is 6.86. The van der Waals surface area contributed by atoms with E-state index in [1.165, 1.54) is 20.4 Å². The van der Waals surface area contributed by atoms with E-state index in [-0.39, 0.29) is 5.91 Å². The third kappa shape index (κ3) is 5.17. The molecule has 0 aliphatic carbocycles. The molecule has 1 amide bonds. The van der Waals surface area contributed by atoms with Crippen molar-refractivity contribution in [1.29, 1.82) is 0 Å². The summed E-state index contributed by atoms with van der Waals surface area (Å²) in [6.07, 6.45) is 7.08. The predicted molar refractivity (Wildman–Crippen MR) is 112 cm³/mol. The van der Waals surface area contributed by atoms with Gasteiger partial charge in [0, 0.05) is 11.1 Å². The zero-order valence-corrected chi connectivity index (χ0v) is 17.8. The molecule has 0 radical (unpaired) electrons. The smallest absolute Gasteiger partial charge is 0.295 e. The number of ether oxygens (including phenoxy) is 2. The van der Waals surface area contributed by atoms with E-state index in [1.54, 1.807) is 19.1 Å². The molecule has 0 spiro atoms. The van der Waals surface area contributed by atoms with Gasteiger partial charge in [0.25, 0.3) is 11.1 Å². The first-order valence-corrected chi connectivity index (χ1v) is 9.53. The van der Waals surface area contributed by atoms with Gasteiger partial charge in [-0.3, -0.25) is 10.1 Å². The molecule has 0 bridgehead atoms. The lowest BCUT2D eigenvalue weighted by atomic mass is 9.95. The van der Waals surface area contributed by atoms with Gasteiger partial charge in [0.2, 0.25) is 5.13 Å². The minimum atomic E-state index is -0.341. The number of hydrogen-bond acceptors (Lipinski definition) is 7. The first kappa shape index (κ1) is 21.6. The first-order chi connectivity index (χ1) is 13.4. The number of nitrogens with zero attached hydrogens (tertiary/aromatic N) is 3. The molecule has 1 N–H and O–H groups in total. The summed E-state index contributed by atoms with van der Waals surface area (Å²) in [5.41, 5.74) is 2.70. The highest BCUT2D eigenvalue weighted by Crippen LogP contribution is 2.34. The number of anilines is 1. The summed E-state index contributed by atoms with van der Waals surface area (Å²) in [5, 5.41) is 11.5. The van der Waals surface area contributed by atoms with Crippen molar-refractivity contribution in [2.75, 3.05) is 19.5 Å². The van der Waals surface area contributed by atoms with Crippen molar-refractivity contribution in [3.05, 3.63) is 52.4 Å². The van der Waals surface area contributed by atoms with Crippen molar-refractivity contribution in [2.24, 2.45) is 0 Å². The third-order valence-corrected chi connectivity index (χ3v) is 4.80. The lowest BCUT2D eigenvalue weighted by Crippen LogP contribution is -2.16. The largest absolute Gasteiger partial charge is 0.494 e. The van der Waals surface area contributed by atoms with Crippen LogP contribution in [-0.4, -0.2) is 35.3 Å². The average molecular weight is 421 g/mol. The minimum absolute atomic E-state index is 0.296. The maximum atomic E-state index is 13.0. The average Bonchev–Trinajstić information content (AvgIpc) is 3.15. The van der Waals surface area contributed by atoms with Gasteiger partial charge in [-0.15, -0.1) is 5.10 Å². The van der Waals surface area contributed by atoms with Gasteiger partial charge < -0.3 is 9.47 Å². The third-order valence-electron chi connectivity index (χ3n) is 3.80. The van der Waals surface area contributed by atoms with Crippen LogP contribution >= 0.6 is 22.9 Å². The van der Waals surface area contributed by atoms with E-state index in [9.17, 15) is 4.79 Å². The van der Waals surface area contributed by atoms with Gasteiger partial charge in [0.05, 0.1) is 20.4 Å². The molecular formula is C19H21ClN4O3S. The van der Waals surface area contributed by atoms with Gasteiger partial charge in [-0.05, 0) is 43.7 Å². The molecule has 2 heterocycles. The van der Waals surface area contributed by atoms with Crippen LogP contribution in [0.15, 0.2) is 41.6 Å². The highest BCUT2D eigenvalue weighted by molar-refractivity contribution is 7.17. The molecule has 28 heavy (non-hydrogen) atoms. The van der Waals surface area contributed by atoms with Crippen LogP contribution in [0.2, 0.25) is 5.15 Å². The number of amides is 1. The molecule has 0 atom stereocenters. The van der Waals surface area contributed by atoms with Crippen molar-refractivity contribution in [3.8, 4) is 10.9 Å². The number of aromatic nitrogens is 3. The second-order valence-electron chi connectivity index (χ2n) is 5.53. The summed E-state index contributed by atoms with van der Waals surface area (Å²) in [4.78, 5) is 17.0. The molecular weight excluding hydrogens is 400 g/mol. The Morgan fingerprint density at radius 2 is 1.96 bits per heavy atom. The quantitative estimate of drug-likeness (QED) is 0.402. The number of hydrogen-bond donors (Lipinski definition) is 1. The summed E-state index contributed by atoms with van der Waals surface area (Å²) in [7, 11) is 3.03. The molecule has 0 saturated heterocycles. The molecule has 2 rings (SSSR count). The van der Waals surface area contributed by atoms with Crippen LogP contribution < -0.4 is 14.8 Å². The van der Waals surface area contributed by atoms with Gasteiger partial charge in [-0.2, -0.15) is 0 Å². The van der Waals surface area contributed by atoms with Crippen LogP contribution in [0.3, 0.4) is 0 Å². The van der Waals surface area contributed by atoms with Crippen LogP contribution in [0.25, 0.3) is 5.57 Å². The lowest BCUT2D eigenvalue weighted by Gasteiger charge is -2.15. The van der Waals surface area contributed by atoms with Crippen molar-refractivity contribution in [1.82, 2.24) is 15.2 Å². The van der Waals surface area contributed by atoms with E-state index in [2.05, 4.69) is 20.5 Å². The van der Waals surface area contributed by atoms with E-state index in [0.717, 1.165) is 16.9 Å². The summed E-state index contributed by atoms with van der Waals surface area (Å²) >= 11 is 7.24. The molecule has 9 heteroatoms. The summed E-state index contributed by atoms with van der Waals surface area (Å²) in [6, 6.07) is 1.67. The molecule has 2 aromatic rings. The number of pyridine rings is 1. The van der Waals surface area contributed by atoms with E-state index < -0.39 is 0 Å². The maximum absolute atomic E-state index is 13.0. The molecule has 2 aromatic heterocycles. The summed E-state index contributed by atoms with van der Waals surface area (Å²) in [5.74, 6) is 0.163. The van der Waals surface area contributed by atoms with Gasteiger partial charge >= 0.3 is 0 Å². The van der Waals surface area contributed by atoms with E-state index >= 15 is 0 Å². The van der Waals surface area contributed by atoms with Crippen LogP contribution in [0.1, 0.15) is 26.3 Å². The van der Waals surface area contributed by atoms with Crippen molar-refractivity contribution in [3.63, 3.8) is 0 Å². The number of allylic oxidation sites excluding steroid dienone is 4. The monoisotopic (exact) mass is 420 g/mol. The van der Waals surface area contributed by atoms with Crippen LogP contribution in [0.4, 0.5) is 5.13 Å². The SMILES string of the molecule is C/C=C(C)/C=C(\C(=C/C)C(=O)Nc1nnc(OC)s1)c1cc(Cl)ncc1OC. The number of halogens is 1. The molecule has 148 valence electrons. The van der Waals surface area contributed by atoms with E-state index in [1.807, 2.05) is 26.0 Å². The Hall–Kier alpha value is -2.71. The fourth-order valence-corrected chi connectivity index (χ4v) is 3.03. The lowest BCUT2D eigenvalue weighted by molar-refractivity contribution is -0.112. The van der Waals surface area contributed by atoms with Crippen molar-refractivity contribution in [2.45, 2.75) is 20.8 Å². The molecule has 0 aliphatic rings. The number of carbonyl (C=O) groups is 1. The predicted octanol–water partition coefficient (Wildman–Crippen LogP) is 4.54. The molecule has 7 nitrogen and oxygen atoms in total. The minimum Gasteiger partial charge on any atom is -0.494 e. The molecule has 0 aromatic carbocycles. The van der Waals surface area contributed by atoms with Crippen LogP contribution in [0.5, 0.6) is 10.9 Å². The molecule has 0 aliphatic heterocycles. The van der Waals surface area contributed by atoms with Crippen molar-refractivity contribution < 1.29 is 14.3 Å². The number of methoxy groups -OCH3 is 2. The second kappa shape index (κ2) is 10.0. The van der Waals surface area contributed by atoms with E-state index in [0.29, 0.717) is 37.9 Å². The number of nitrogens with one attached hydrogen (secondary N) is 1. The normalized spacial score (nSPS) is 12.7. The summed E-state index contributed by atoms with van der Waals surface area (Å²) in [6.45, 7) is 5.64. The fourth-order valence-electron chi connectivity index (χ4n) is 2.32. The van der Waals surface area contributed by atoms with Gasteiger partial charge in [-0.25, -0.2) is 4.98 Å². The maximum Gasteiger partial charge on any atom is 0.295 e. The van der Waals surface area contributed by atoms with Crippen molar-refractivity contribution >= 4 is 39.5 Å². The van der Waals surface area contributed by atoms with Gasteiger partial charge in [0.1, 0.15) is 10.9 Å². The zero-order chi connectivity index (χ0) is 20.7. The van der Waals surface area contributed by atoms with Gasteiger partial charge in [-0.1, -0.05) is 40.5 Å². The van der Waals surface area contributed by atoms with Crippen LogP contribution in [-0.2, 0) is 4.79 Å². The number of carbonyl (C=O) groups excluding carboxylic acids is 1. The zero-order valence-electron chi connectivity index (χ0n) is 16.2. The Labute approximate surface area is 172 Å². The standard InChI is InChI=1S/C19H21ClN4O3S/c1-6-11(3)8-13(14-9-16(20)21-10-15(14)26-4)12(7-2)17(25)22-18-23-24-19(27-5)28-18/h6-10H,1-5H3,(H,22,23,25)/b11-6+,12-7+,13-8+. The first-order valence-electron chi connectivity index (χ1n) is 8.33. The van der Waals surface area contributed by atoms with E-state index in [4.69, 9.17) is 21.1 Å². The Kier molecular flexibility index (Phi) is 7.71. The van der Waals surface area contributed by atoms with Gasteiger partial charge in [0.15, 0.2) is 0 Å². The van der Waals surface area contributed by atoms with Crippen LogP contribution in [0, 0.1) is 0 Å². The topological polar surface area (TPSA) is 86.2 Å². The molecule has 0 unspecified atom stereocenters. The Bertz CT molecular complexity index is 950. The highest BCUT2D eigenvalue weighted by Gasteiger charge is 2.21. The molecule has 0 fully saturated rings. The Morgan fingerprint density at radius 3 is 2.54 bits per heavy atom. The Balaban J connectivity index is 2.51. The highest BCUT2D eigenvalue weighted by atomic mass is 35.5. The summed E-state index contributed by atoms with van der Waals surface area (Å²) < 4.78 is 10.4. The number of rotatable bonds is 7. The Morgan fingerprint density at radius 1 is 1.21 bits per heavy atom. The fraction of sp³-hybridized carbons (Fsp3) is 0.263. The molecule has 0 saturated carbocycles.